The van der Waals surface area contributed by atoms with Crippen molar-refractivity contribution in [3.8, 4) is 0 Å². The smallest absolute Gasteiger partial charge is 0.327 e. The van der Waals surface area contributed by atoms with Gasteiger partial charge in [-0.05, 0) is 0 Å². The first-order valence-corrected chi connectivity index (χ1v) is 12.6. The van der Waals surface area contributed by atoms with Crippen molar-refractivity contribution in [2.75, 3.05) is 37.8 Å². The number of H-pyrrole nitrogens is 1. The van der Waals surface area contributed by atoms with Gasteiger partial charge < -0.3 is 39.5 Å². The number of likely N-dealkylation sites (tertiary alicyclic amines) is 1. The second-order valence-corrected chi connectivity index (χ2v) is 10.6. The van der Waals surface area contributed by atoms with Gasteiger partial charge in [-0.25, -0.2) is 4.98 Å². The fraction of sp³-hybridized carbons (Fsp3) is 0.571. The van der Waals surface area contributed by atoms with E-state index in [1.807, 2.05) is 0 Å². The van der Waals surface area contributed by atoms with E-state index in [0.29, 0.717) is 0 Å². The zero-order chi connectivity index (χ0) is 23.0. The van der Waals surface area contributed by atoms with Gasteiger partial charge in [-0.15, -0.1) is 0 Å². The van der Waals surface area contributed by atoms with E-state index >= 15 is 0 Å². The number of nitrogens with two attached hydrogens (primary N) is 1. The van der Waals surface area contributed by atoms with E-state index in [9.17, 15) is 18.7 Å². The van der Waals surface area contributed by atoms with Crippen LogP contribution < -0.4 is 11.3 Å². The summed E-state index contributed by atoms with van der Waals surface area (Å²) >= 11 is 0. The fourth-order valence-electron chi connectivity index (χ4n) is 3.30. The Morgan fingerprint density at radius 3 is 2.55 bits per heavy atom. The van der Waals surface area contributed by atoms with Crippen molar-refractivity contribution >= 4 is 38.2 Å². The number of fused-ring (bicyclic) bond motifs is 1. The first-order chi connectivity index (χ1) is 14.3. The third kappa shape index (κ3) is 5.98. The van der Waals surface area contributed by atoms with Crippen molar-refractivity contribution in [3.63, 3.8) is 0 Å². The monoisotopic (exact) mass is 480 g/mol. The van der Waals surface area contributed by atoms with Crippen LogP contribution in [0.1, 0.15) is 12.5 Å². The lowest BCUT2D eigenvalue weighted by molar-refractivity contribution is -0.130. The molecule has 1 aliphatic heterocycles. The molecule has 3 rings (SSSR count). The Hall–Kier alpha value is -2.12. The Morgan fingerprint density at radius 2 is 1.90 bits per heavy atom. The lowest BCUT2D eigenvalue weighted by atomic mass is 10.2. The maximum absolute atomic E-state index is 12.4. The van der Waals surface area contributed by atoms with Crippen molar-refractivity contribution in [2.45, 2.75) is 18.6 Å². The highest BCUT2D eigenvalue weighted by atomic mass is 31.2. The molecule has 0 radical (unpaired) electrons. The van der Waals surface area contributed by atoms with E-state index in [-0.39, 0.29) is 43.2 Å². The minimum absolute atomic E-state index is 0.00413. The second kappa shape index (κ2) is 8.79. The van der Waals surface area contributed by atoms with E-state index in [0.717, 1.165) is 0 Å². The molecular weight excluding hydrogens is 458 g/mol. The molecule has 1 saturated heterocycles. The molecule has 172 valence electrons. The van der Waals surface area contributed by atoms with Gasteiger partial charge in [0, 0.05) is 19.5 Å². The average Bonchev–Trinajstić information content (AvgIpc) is 3.22. The minimum atomic E-state index is -4.36. The molecule has 7 N–H and O–H groups in total. The highest BCUT2D eigenvalue weighted by Gasteiger charge is 2.38. The van der Waals surface area contributed by atoms with Crippen LogP contribution in [-0.2, 0) is 18.7 Å². The highest BCUT2D eigenvalue weighted by Crippen LogP contribution is 2.36. The van der Waals surface area contributed by atoms with Gasteiger partial charge in [0.25, 0.3) is 5.56 Å². The number of amides is 1. The number of hydrogen-bond donors (Lipinski definition) is 6. The van der Waals surface area contributed by atoms with Gasteiger partial charge >= 0.3 is 15.2 Å². The molecule has 1 unspecified atom stereocenters. The maximum atomic E-state index is 12.4. The van der Waals surface area contributed by atoms with Gasteiger partial charge in [0.1, 0.15) is 0 Å². The topological polar surface area (TPSA) is 234 Å². The summed E-state index contributed by atoms with van der Waals surface area (Å²) in [5.74, 6) is -0.671. The van der Waals surface area contributed by atoms with E-state index in [2.05, 4.69) is 15.0 Å². The second-order valence-electron chi connectivity index (χ2n) is 7.08. The normalized spacial score (nSPS) is 19.9. The number of hydrogen-bond acceptors (Lipinski definition) is 8. The zero-order valence-corrected chi connectivity index (χ0v) is 17.9. The van der Waals surface area contributed by atoms with Crippen LogP contribution >= 0.6 is 15.2 Å². The van der Waals surface area contributed by atoms with Crippen molar-refractivity contribution in [1.29, 1.82) is 0 Å². The van der Waals surface area contributed by atoms with Crippen LogP contribution in [0.4, 0.5) is 5.95 Å². The van der Waals surface area contributed by atoms with E-state index in [1.54, 1.807) is 0 Å². The molecular formula is C14H22N6O9P2. The molecule has 0 bridgehead atoms. The molecule has 0 spiro atoms. The molecule has 2 aromatic heterocycles. The number of ether oxygens (including phenoxy) is 1. The van der Waals surface area contributed by atoms with Crippen LogP contribution in [0.25, 0.3) is 11.2 Å². The molecule has 0 aliphatic carbocycles. The Bertz CT molecular complexity index is 1120. The summed E-state index contributed by atoms with van der Waals surface area (Å²) in [6, 6.07) is -0.630. The molecule has 2 aromatic rings. The van der Waals surface area contributed by atoms with Gasteiger partial charge in [-0.2, -0.15) is 4.98 Å². The van der Waals surface area contributed by atoms with Crippen LogP contribution in [0.3, 0.4) is 0 Å². The van der Waals surface area contributed by atoms with Gasteiger partial charge in [0.2, 0.25) is 11.9 Å². The number of carbonyl (C=O) groups excluding carboxylic acids is 1. The van der Waals surface area contributed by atoms with Crippen molar-refractivity contribution in [2.24, 2.45) is 0 Å². The first-order valence-electron chi connectivity index (χ1n) is 9.05. The molecule has 15 nitrogen and oxygen atoms in total. The molecule has 0 saturated carbocycles. The number of aromatic amines is 1. The zero-order valence-electron chi connectivity index (χ0n) is 16.1. The average molecular weight is 480 g/mol. The van der Waals surface area contributed by atoms with Crippen LogP contribution in [0.15, 0.2) is 11.1 Å². The van der Waals surface area contributed by atoms with Crippen molar-refractivity contribution < 1.29 is 38.2 Å². The predicted octanol–water partition coefficient (Wildman–Crippen LogP) is -1.78. The van der Waals surface area contributed by atoms with Crippen LogP contribution in [0.2, 0.25) is 0 Å². The van der Waals surface area contributed by atoms with Crippen molar-refractivity contribution in [1.82, 2.24) is 24.4 Å². The number of aromatic nitrogens is 4. The fourth-order valence-corrected chi connectivity index (χ4v) is 4.13. The molecule has 0 aromatic carbocycles. The number of imidazole rings is 1. The number of nitrogen functional groups attached to an aromatic ring is 1. The Balaban J connectivity index is 1.86. The number of nitrogens with zero attached hydrogens (tertiary/aromatic N) is 4. The molecule has 1 fully saturated rings. The number of anilines is 1. The highest BCUT2D eigenvalue weighted by molar-refractivity contribution is 7.52. The summed E-state index contributed by atoms with van der Waals surface area (Å²) in [5.41, 5.74) is 5.19. The Kier molecular flexibility index (Phi) is 6.67. The summed E-state index contributed by atoms with van der Waals surface area (Å²) in [6.45, 7) is -0.247. The number of carbonyl (C=O) groups is 1. The standard InChI is InChI=1S/C14H22N6O9P2/c15-14-17-12-11(13(22)18-14)16-7-20(12)8-5-19(10(21)1-3-30(23,24)25)6-9(8)29-2-4-31(26,27)28/h7-9H,1-6H2,(H2,23,24,25)(H2,26,27,28)(H3,15,17,18,22)/t8?,9-/m1/s1. The van der Waals surface area contributed by atoms with Gasteiger partial charge in [0.15, 0.2) is 11.2 Å². The van der Waals surface area contributed by atoms with E-state index < -0.39 is 51.1 Å². The molecule has 1 aliphatic rings. The SMILES string of the molecule is Nc1nc2c(ncn2C2CN(C(=O)CCP(=O)(O)O)C[C@H]2OCCP(=O)(O)O)c(=O)[nH]1. The van der Waals surface area contributed by atoms with Crippen molar-refractivity contribution in [3.05, 3.63) is 16.7 Å². The lowest BCUT2D eigenvalue weighted by Gasteiger charge is -2.20. The predicted molar refractivity (Wildman–Crippen MR) is 106 cm³/mol. The summed E-state index contributed by atoms with van der Waals surface area (Å²) in [5, 5.41) is 0. The number of nitrogens with one attached hydrogen (secondary N) is 1. The molecule has 2 atom stereocenters. The van der Waals surface area contributed by atoms with E-state index in [1.165, 1.54) is 15.8 Å². The van der Waals surface area contributed by atoms with Crippen LogP contribution in [0, 0.1) is 0 Å². The molecule has 3 heterocycles. The van der Waals surface area contributed by atoms with Crippen LogP contribution in [0.5, 0.6) is 0 Å². The third-order valence-electron chi connectivity index (χ3n) is 4.73. The van der Waals surface area contributed by atoms with Gasteiger partial charge in [0.05, 0.1) is 37.4 Å². The van der Waals surface area contributed by atoms with Crippen LogP contribution in [-0.4, -0.2) is 88.0 Å². The maximum Gasteiger partial charge on any atom is 0.327 e. The summed E-state index contributed by atoms with van der Waals surface area (Å²) in [6.07, 6.45) is -0.956. The quantitative estimate of drug-likeness (QED) is 0.230. The van der Waals surface area contributed by atoms with E-state index in [4.69, 9.17) is 30.0 Å². The summed E-state index contributed by atoms with van der Waals surface area (Å²) in [7, 11) is -8.66. The molecule has 17 heteroatoms. The van der Waals surface area contributed by atoms with Gasteiger partial charge in [-0.3, -0.25) is 23.7 Å². The number of rotatable bonds is 8. The van der Waals surface area contributed by atoms with Gasteiger partial charge in [-0.1, -0.05) is 0 Å². The summed E-state index contributed by atoms with van der Waals surface area (Å²) < 4.78 is 29.3. The largest absolute Gasteiger partial charge is 0.373 e. The molecule has 31 heavy (non-hydrogen) atoms. The third-order valence-corrected chi connectivity index (χ3v) is 6.30. The Morgan fingerprint density at radius 1 is 1.23 bits per heavy atom. The summed E-state index contributed by atoms with van der Waals surface area (Å²) in [4.78, 5) is 72.3. The minimum Gasteiger partial charge on any atom is -0.373 e. The lowest BCUT2D eigenvalue weighted by Crippen LogP contribution is -2.30. The first kappa shape index (κ1) is 23.5. The Labute approximate surface area is 174 Å². The molecule has 1 amide bonds.